The van der Waals surface area contributed by atoms with Gasteiger partial charge >= 0.3 is 0 Å². The van der Waals surface area contributed by atoms with Crippen molar-refractivity contribution in [2.75, 3.05) is 0 Å². The molecule has 1 heterocycles. The summed E-state index contributed by atoms with van der Waals surface area (Å²) in [5, 5.41) is 6.56. The molecule has 6 heteroatoms. The molecule has 0 atom stereocenters. The van der Waals surface area contributed by atoms with E-state index in [9.17, 15) is 4.39 Å². The van der Waals surface area contributed by atoms with Crippen LogP contribution in [0.3, 0.4) is 0 Å². The van der Waals surface area contributed by atoms with E-state index >= 15 is 0 Å². The van der Waals surface area contributed by atoms with Crippen LogP contribution in [0.4, 0.5) is 4.39 Å². The Kier molecular flexibility index (Phi) is 5.40. The maximum absolute atomic E-state index is 13.3. The number of hydrogen-bond acceptors (Lipinski definition) is 1. The summed E-state index contributed by atoms with van der Waals surface area (Å²) >= 11 is 18.8. The molecule has 0 amide bonds. The lowest BCUT2D eigenvalue weighted by molar-refractivity contribution is 0.625. The maximum Gasteiger partial charge on any atom is 0.123 e. The third-order valence-corrected chi connectivity index (χ3v) is 5.24. The van der Waals surface area contributed by atoms with Gasteiger partial charge in [0.15, 0.2) is 0 Å². The fourth-order valence-electron chi connectivity index (χ4n) is 2.99. The highest BCUT2D eigenvalue weighted by Crippen LogP contribution is 2.37. The zero-order chi connectivity index (χ0) is 19.7. The average molecular weight is 432 g/mol. The van der Waals surface area contributed by atoms with Crippen LogP contribution in [0.5, 0.6) is 0 Å². The van der Waals surface area contributed by atoms with E-state index in [1.807, 2.05) is 41.1 Å². The standard InChI is InChI=1S/C22H14Cl3FN2/c23-17-7-3-15(4-8-17)21-20(25)22(16-5-9-18(24)10-6-16)28(27-21)13-14-1-11-19(26)12-2-14/h1-12H,13H2. The van der Waals surface area contributed by atoms with E-state index in [4.69, 9.17) is 39.9 Å². The Hall–Kier alpha value is -2.33. The highest BCUT2D eigenvalue weighted by atomic mass is 35.5. The summed E-state index contributed by atoms with van der Waals surface area (Å²) in [6.07, 6.45) is 0. The first kappa shape index (κ1) is 19.0. The topological polar surface area (TPSA) is 17.8 Å². The predicted octanol–water partition coefficient (Wildman–Crippen LogP) is 7.36. The monoisotopic (exact) mass is 430 g/mol. The number of nitrogens with zero attached hydrogens (tertiary/aromatic N) is 2. The molecule has 0 N–H and O–H groups in total. The van der Waals surface area contributed by atoms with Crippen molar-refractivity contribution in [3.8, 4) is 22.5 Å². The molecule has 0 spiro atoms. The molecular weight excluding hydrogens is 418 g/mol. The number of rotatable bonds is 4. The molecule has 0 aliphatic rings. The van der Waals surface area contributed by atoms with Crippen LogP contribution in [0.1, 0.15) is 5.56 Å². The van der Waals surface area contributed by atoms with Gasteiger partial charge in [0.2, 0.25) is 0 Å². The minimum absolute atomic E-state index is 0.276. The summed E-state index contributed by atoms with van der Waals surface area (Å²) in [6.45, 7) is 0.450. The van der Waals surface area contributed by atoms with Crippen LogP contribution >= 0.6 is 34.8 Å². The summed E-state index contributed by atoms with van der Waals surface area (Å²) in [5.74, 6) is -0.276. The second-order valence-corrected chi connectivity index (χ2v) is 7.56. The van der Waals surface area contributed by atoms with Crippen LogP contribution in [-0.2, 0) is 6.54 Å². The zero-order valence-electron chi connectivity index (χ0n) is 14.5. The molecule has 0 aliphatic heterocycles. The summed E-state index contributed by atoms with van der Waals surface area (Å²) in [4.78, 5) is 0. The van der Waals surface area contributed by atoms with Crippen LogP contribution in [0.25, 0.3) is 22.5 Å². The van der Waals surface area contributed by atoms with Gasteiger partial charge < -0.3 is 0 Å². The fraction of sp³-hybridized carbons (Fsp3) is 0.0455. The van der Waals surface area contributed by atoms with Crippen LogP contribution in [-0.4, -0.2) is 9.78 Å². The number of hydrogen-bond donors (Lipinski definition) is 0. The van der Waals surface area contributed by atoms with Gasteiger partial charge in [0.05, 0.1) is 17.3 Å². The van der Waals surface area contributed by atoms with Crippen LogP contribution in [0.2, 0.25) is 15.1 Å². The Balaban J connectivity index is 1.84. The Morgan fingerprint density at radius 2 is 1.25 bits per heavy atom. The number of benzene rings is 3. The molecule has 0 saturated heterocycles. The molecule has 1 aromatic heterocycles. The molecule has 28 heavy (non-hydrogen) atoms. The molecular formula is C22H14Cl3FN2. The molecule has 0 radical (unpaired) electrons. The van der Waals surface area contributed by atoms with Gasteiger partial charge in [0.25, 0.3) is 0 Å². The second-order valence-electron chi connectivity index (χ2n) is 6.31. The van der Waals surface area contributed by atoms with E-state index < -0.39 is 0 Å². The number of halogens is 4. The van der Waals surface area contributed by atoms with E-state index in [1.165, 1.54) is 12.1 Å². The summed E-state index contributed by atoms with van der Waals surface area (Å²) in [6, 6.07) is 21.1. The van der Waals surface area contributed by atoms with E-state index in [1.54, 1.807) is 24.3 Å². The average Bonchev–Trinajstić information content (AvgIpc) is 3.01. The predicted molar refractivity (Wildman–Crippen MR) is 114 cm³/mol. The third-order valence-electron chi connectivity index (χ3n) is 4.38. The van der Waals surface area contributed by atoms with Crippen molar-refractivity contribution in [3.05, 3.63) is 99.2 Å². The number of aromatic nitrogens is 2. The molecule has 4 rings (SSSR count). The van der Waals surface area contributed by atoms with Gasteiger partial charge in [-0.1, -0.05) is 71.2 Å². The van der Waals surface area contributed by atoms with Gasteiger partial charge in [-0.25, -0.2) is 4.39 Å². The van der Waals surface area contributed by atoms with Gasteiger partial charge in [-0.05, 0) is 42.0 Å². The van der Waals surface area contributed by atoms with E-state index in [2.05, 4.69) is 0 Å². The van der Waals surface area contributed by atoms with E-state index in [0.717, 1.165) is 22.4 Å². The van der Waals surface area contributed by atoms with Crippen molar-refractivity contribution >= 4 is 34.8 Å². The lowest BCUT2D eigenvalue weighted by Crippen LogP contribution is -2.04. The van der Waals surface area contributed by atoms with Gasteiger partial charge in [-0.3, -0.25) is 4.68 Å². The molecule has 0 aliphatic carbocycles. The Morgan fingerprint density at radius 1 is 0.714 bits per heavy atom. The maximum atomic E-state index is 13.3. The van der Waals surface area contributed by atoms with Crippen LogP contribution in [0, 0.1) is 5.82 Å². The summed E-state index contributed by atoms with van der Waals surface area (Å²) in [7, 11) is 0. The van der Waals surface area contributed by atoms with Crippen molar-refractivity contribution in [1.29, 1.82) is 0 Å². The largest absolute Gasteiger partial charge is 0.258 e. The van der Waals surface area contributed by atoms with Gasteiger partial charge in [0.1, 0.15) is 11.5 Å². The van der Waals surface area contributed by atoms with Crippen LogP contribution < -0.4 is 0 Å². The Morgan fingerprint density at radius 3 is 1.82 bits per heavy atom. The molecule has 0 fully saturated rings. The lowest BCUT2D eigenvalue weighted by atomic mass is 10.1. The molecule has 140 valence electrons. The molecule has 2 nitrogen and oxygen atoms in total. The van der Waals surface area contributed by atoms with E-state index in [0.29, 0.717) is 27.3 Å². The first-order valence-corrected chi connectivity index (χ1v) is 9.67. The van der Waals surface area contributed by atoms with Crippen LogP contribution in [0.15, 0.2) is 72.8 Å². The van der Waals surface area contributed by atoms with Gasteiger partial charge in [0, 0.05) is 21.2 Å². The fourth-order valence-corrected chi connectivity index (χ4v) is 3.60. The third kappa shape index (κ3) is 3.93. The molecule has 0 unspecified atom stereocenters. The van der Waals surface area contributed by atoms with Crippen molar-refractivity contribution in [2.24, 2.45) is 0 Å². The highest BCUT2D eigenvalue weighted by molar-refractivity contribution is 6.36. The SMILES string of the molecule is Fc1ccc(Cn2nc(-c3ccc(Cl)cc3)c(Cl)c2-c2ccc(Cl)cc2)cc1. The molecule has 4 aromatic rings. The molecule has 0 bridgehead atoms. The molecule has 0 saturated carbocycles. The van der Waals surface area contributed by atoms with Crippen molar-refractivity contribution < 1.29 is 4.39 Å². The first-order chi connectivity index (χ1) is 13.5. The minimum Gasteiger partial charge on any atom is -0.258 e. The zero-order valence-corrected chi connectivity index (χ0v) is 16.8. The minimum atomic E-state index is -0.276. The van der Waals surface area contributed by atoms with Gasteiger partial charge in [-0.2, -0.15) is 5.10 Å². The smallest absolute Gasteiger partial charge is 0.123 e. The molecule has 3 aromatic carbocycles. The Bertz CT molecular complexity index is 1100. The van der Waals surface area contributed by atoms with Crippen molar-refractivity contribution in [3.63, 3.8) is 0 Å². The summed E-state index contributed by atoms with van der Waals surface area (Å²) in [5.41, 5.74) is 4.10. The quantitative estimate of drug-likeness (QED) is 0.330. The summed E-state index contributed by atoms with van der Waals surface area (Å²) < 4.78 is 15.1. The Labute approximate surface area is 177 Å². The first-order valence-electron chi connectivity index (χ1n) is 8.54. The van der Waals surface area contributed by atoms with Crippen molar-refractivity contribution in [2.45, 2.75) is 6.54 Å². The normalized spacial score (nSPS) is 11.0. The highest BCUT2D eigenvalue weighted by Gasteiger charge is 2.19. The second kappa shape index (κ2) is 7.96. The lowest BCUT2D eigenvalue weighted by Gasteiger charge is -2.08. The van der Waals surface area contributed by atoms with E-state index in [-0.39, 0.29) is 5.82 Å². The van der Waals surface area contributed by atoms with Gasteiger partial charge in [-0.15, -0.1) is 0 Å². The van der Waals surface area contributed by atoms with Crippen molar-refractivity contribution in [1.82, 2.24) is 9.78 Å².